The number of nitrogens with one attached hydrogen (secondary N) is 1. The van der Waals surface area contributed by atoms with Crippen molar-refractivity contribution >= 4 is 17.4 Å². The van der Waals surface area contributed by atoms with Crippen LogP contribution in [0.15, 0.2) is 94.8 Å². The maximum Gasteiger partial charge on any atom is 0.332 e. The summed E-state index contributed by atoms with van der Waals surface area (Å²) >= 11 is 0. The zero-order chi connectivity index (χ0) is 30.1. The van der Waals surface area contributed by atoms with Gasteiger partial charge in [-0.1, -0.05) is 42.5 Å². The van der Waals surface area contributed by atoms with Crippen molar-refractivity contribution in [2.75, 3.05) is 31.6 Å². The van der Waals surface area contributed by atoms with Gasteiger partial charge in [-0.15, -0.1) is 0 Å². The molecule has 1 N–H and O–H groups in total. The summed E-state index contributed by atoms with van der Waals surface area (Å²) in [5, 5.41) is 3.12. The number of aryl methyl sites for hydroxylation is 1. The van der Waals surface area contributed by atoms with E-state index in [1.807, 2.05) is 61.7 Å². The molecule has 0 unspecified atom stereocenters. The van der Waals surface area contributed by atoms with Gasteiger partial charge in [-0.25, -0.2) is 9.78 Å². The van der Waals surface area contributed by atoms with Crippen molar-refractivity contribution in [3.63, 3.8) is 0 Å². The molecular formula is C33H32N6O4. The van der Waals surface area contributed by atoms with Crippen LogP contribution in [0.4, 0.5) is 11.5 Å². The Morgan fingerprint density at radius 3 is 2.33 bits per heavy atom. The van der Waals surface area contributed by atoms with Gasteiger partial charge in [-0.2, -0.15) is 0 Å². The molecule has 1 fully saturated rings. The highest BCUT2D eigenvalue weighted by molar-refractivity contribution is 5.94. The Kier molecular flexibility index (Phi) is 7.52. The first-order valence-electron chi connectivity index (χ1n) is 14.1. The van der Waals surface area contributed by atoms with Crippen molar-refractivity contribution < 1.29 is 9.53 Å². The molecule has 5 aromatic rings. The van der Waals surface area contributed by atoms with Crippen molar-refractivity contribution in [2.24, 2.45) is 14.1 Å². The topological polar surface area (TPSA) is 103 Å². The summed E-state index contributed by atoms with van der Waals surface area (Å²) in [7, 11) is 3.44. The van der Waals surface area contributed by atoms with Gasteiger partial charge in [0.15, 0.2) is 5.82 Å². The molecule has 3 heterocycles. The first-order chi connectivity index (χ1) is 20.8. The second-order valence-electron chi connectivity index (χ2n) is 10.5. The van der Waals surface area contributed by atoms with Crippen LogP contribution < -0.4 is 16.6 Å². The van der Waals surface area contributed by atoms with Gasteiger partial charge in [0.1, 0.15) is 0 Å². The Balaban J connectivity index is 1.31. The van der Waals surface area contributed by atoms with Crippen LogP contribution in [-0.2, 0) is 18.8 Å². The molecule has 2 aromatic heterocycles. The van der Waals surface area contributed by atoms with E-state index < -0.39 is 0 Å². The van der Waals surface area contributed by atoms with E-state index in [4.69, 9.17) is 9.72 Å². The highest BCUT2D eigenvalue weighted by Crippen LogP contribution is 2.28. The smallest absolute Gasteiger partial charge is 0.332 e. The van der Waals surface area contributed by atoms with Gasteiger partial charge in [0.2, 0.25) is 0 Å². The van der Waals surface area contributed by atoms with Crippen LogP contribution in [0.2, 0.25) is 0 Å². The van der Waals surface area contributed by atoms with Gasteiger partial charge in [0.05, 0.1) is 30.3 Å². The minimum atomic E-state index is -0.294. The molecule has 1 aliphatic heterocycles. The Hall–Kier alpha value is -5.22. The van der Waals surface area contributed by atoms with E-state index in [0.29, 0.717) is 43.2 Å². The number of carbonyl (C=O) groups is 1. The highest BCUT2D eigenvalue weighted by atomic mass is 16.5. The van der Waals surface area contributed by atoms with E-state index in [2.05, 4.69) is 5.32 Å². The number of benzene rings is 3. The lowest BCUT2D eigenvalue weighted by Crippen LogP contribution is -2.40. The normalized spacial score (nSPS) is 13.2. The maximum absolute atomic E-state index is 13.3. The highest BCUT2D eigenvalue weighted by Gasteiger charge is 2.19. The lowest BCUT2D eigenvalue weighted by molar-refractivity contribution is 0.0303. The molecule has 1 saturated heterocycles. The summed E-state index contributed by atoms with van der Waals surface area (Å²) in [6.07, 6.45) is 3.53. The predicted octanol–water partition coefficient (Wildman–Crippen LogP) is 4.13. The standard InChI is InChI=1S/C33H32N6O4/c1-22-26(10-7-11-28(22)39-21-29(37(3)33(39)42)23-8-5-4-6-9-23)27-20-36(2)32(41)30(35-27)34-25-14-12-24(13-15-25)31(40)38-16-18-43-19-17-38/h4-15,20-21H,16-19H2,1-3H3,(H,34,35). The number of carbonyl (C=O) groups excluding carboxylic acids is 1. The van der Waals surface area contributed by atoms with Gasteiger partial charge in [0.25, 0.3) is 11.5 Å². The number of hydrogen-bond acceptors (Lipinski definition) is 6. The second kappa shape index (κ2) is 11.6. The Morgan fingerprint density at radius 1 is 0.884 bits per heavy atom. The lowest BCUT2D eigenvalue weighted by Gasteiger charge is -2.26. The third-order valence-corrected chi connectivity index (χ3v) is 7.78. The van der Waals surface area contributed by atoms with Gasteiger partial charge in [0, 0.05) is 56.4 Å². The lowest BCUT2D eigenvalue weighted by atomic mass is 10.0. The first kappa shape index (κ1) is 27.9. The average molecular weight is 577 g/mol. The number of ether oxygens (including phenoxy) is 1. The number of anilines is 2. The monoisotopic (exact) mass is 576 g/mol. The Bertz CT molecular complexity index is 1920. The van der Waals surface area contributed by atoms with Crippen molar-refractivity contribution in [2.45, 2.75) is 6.92 Å². The minimum absolute atomic E-state index is 0.0466. The van der Waals surface area contributed by atoms with Crippen LogP contribution in [0.1, 0.15) is 15.9 Å². The van der Waals surface area contributed by atoms with Crippen LogP contribution in [0, 0.1) is 6.92 Å². The fourth-order valence-electron chi connectivity index (χ4n) is 5.34. The molecule has 0 bridgehead atoms. The summed E-state index contributed by atoms with van der Waals surface area (Å²) < 4.78 is 10.1. The minimum Gasteiger partial charge on any atom is -0.378 e. The summed E-state index contributed by atoms with van der Waals surface area (Å²) in [4.78, 5) is 45.6. The zero-order valence-electron chi connectivity index (χ0n) is 24.3. The third kappa shape index (κ3) is 5.40. The fraction of sp³-hybridized carbons (Fsp3) is 0.212. The summed E-state index contributed by atoms with van der Waals surface area (Å²) in [6.45, 7) is 4.15. The molecule has 6 rings (SSSR count). The summed E-state index contributed by atoms with van der Waals surface area (Å²) in [5.74, 6) is 0.106. The van der Waals surface area contributed by atoms with Crippen molar-refractivity contribution in [1.82, 2.24) is 23.6 Å². The van der Waals surface area contributed by atoms with Crippen molar-refractivity contribution in [1.29, 1.82) is 0 Å². The number of amides is 1. The van der Waals surface area contributed by atoms with Gasteiger partial charge < -0.3 is 19.5 Å². The van der Waals surface area contributed by atoms with E-state index in [-0.39, 0.29) is 23.0 Å². The SMILES string of the molecule is Cc1c(-c2cn(C)c(=O)c(Nc3ccc(C(=O)N4CCOCC4)cc3)n2)cccc1-n1cc(-c2ccccc2)n(C)c1=O. The zero-order valence-corrected chi connectivity index (χ0v) is 24.3. The van der Waals surface area contributed by atoms with Gasteiger partial charge >= 0.3 is 5.69 Å². The largest absolute Gasteiger partial charge is 0.378 e. The Labute approximate surface area is 248 Å². The number of rotatable bonds is 6. The molecule has 10 heteroatoms. The van der Waals surface area contributed by atoms with Crippen LogP contribution in [0.3, 0.4) is 0 Å². The van der Waals surface area contributed by atoms with Crippen LogP contribution >= 0.6 is 0 Å². The van der Waals surface area contributed by atoms with Crippen molar-refractivity contribution in [3.05, 3.63) is 117 Å². The second-order valence-corrected chi connectivity index (χ2v) is 10.5. The number of nitrogens with zero attached hydrogens (tertiary/aromatic N) is 5. The van der Waals surface area contributed by atoms with E-state index >= 15 is 0 Å². The molecule has 1 aliphatic rings. The first-order valence-corrected chi connectivity index (χ1v) is 14.1. The van der Waals surface area contributed by atoms with Crippen LogP contribution in [0.25, 0.3) is 28.2 Å². The quantitative estimate of drug-likeness (QED) is 0.326. The van der Waals surface area contributed by atoms with E-state index in [1.165, 1.54) is 4.57 Å². The number of morpholine rings is 1. The molecule has 0 aliphatic carbocycles. The molecule has 1 amide bonds. The summed E-state index contributed by atoms with van der Waals surface area (Å²) in [6, 6.07) is 22.5. The average Bonchev–Trinajstić information content (AvgIpc) is 3.33. The number of hydrogen-bond donors (Lipinski definition) is 1. The molecule has 43 heavy (non-hydrogen) atoms. The molecule has 0 saturated carbocycles. The molecule has 3 aromatic carbocycles. The van der Waals surface area contributed by atoms with E-state index in [0.717, 1.165) is 28.1 Å². The van der Waals surface area contributed by atoms with Gasteiger partial charge in [-0.3, -0.25) is 18.7 Å². The van der Waals surface area contributed by atoms with Gasteiger partial charge in [-0.05, 0) is 48.4 Å². The van der Waals surface area contributed by atoms with E-state index in [9.17, 15) is 14.4 Å². The molecule has 10 nitrogen and oxygen atoms in total. The molecule has 0 radical (unpaired) electrons. The molecule has 218 valence electrons. The predicted molar refractivity (Wildman–Crippen MR) is 166 cm³/mol. The number of aromatic nitrogens is 4. The Morgan fingerprint density at radius 2 is 1.60 bits per heavy atom. The number of imidazole rings is 1. The van der Waals surface area contributed by atoms with E-state index in [1.54, 1.807) is 58.6 Å². The third-order valence-electron chi connectivity index (χ3n) is 7.78. The fourth-order valence-corrected chi connectivity index (χ4v) is 5.34. The molecular weight excluding hydrogens is 544 g/mol. The molecule has 0 atom stereocenters. The van der Waals surface area contributed by atoms with Crippen molar-refractivity contribution in [3.8, 4) is 28.2 Å². The van der Waals surface area contributed by atoms with Crippen LogP contribution in [-0.4, -0.2) is 55.8 Å². The molecule has 0 spiro atoms. The summed E-state index contributed by atoms with van der Waals surface area (Å²) in [5.41, 5.74) is 5.45. The van der Waals surface area contributed by atoms with Crippen LogP contribution in [0.5, 0.6) is 0 Å². The maximum atomic E-state index is 13.3.